The second-order valence-corrected chi connectivity index (χ2v) is 3.94. The first-order chi connectivity index (χ1) is 7.65. The lowest BCUT2D eigenvalue weighted by atomic mass is 10.1. The van der Waals surface area contributed by atoms with Gasteiger partial charge in [-0.25, -0.2) is 4.39 Å². The number of benzene rings is 1. The monoisotopic (exact) mass is 236 g/mol. The second kappa shape index (κ2) is 4.49. The molecule has 5 heteroatoms. The molecule has 0 spiro atoms. The molecular formula is C11H9FN2OS. The number of aliphatic imine (C=N–C) groups is 1. The average molecular weight is 236 g/mol. The zero-order valence-corrected chi connectivity index (χ0v) is 9.18. The molecule has 1 aliphatic rings. The summed E-state index contributed by atoms with van der Waals surface area (Å²) in [6.07, 6.45) is 0.398. The van der Waals surface area contributed by atoms with Crippen LogP contribution in [-0.2, 0) is 11.2 Å². The van der Waals surface area contributed by atoms with E-state index in [-0.39, 0.29) is 11.7 Å². The van der Waals surface area contributed by atoms with Gasteiger partial charge in [-0.15, -0.1) is 0 Å². The minimum absolute atomic E-state index is 0.263. The Balaban J connectivity index is 2.13. The van der Waals surface area contributed by atoms with Gasteiger partial charge < -0.3 is 5.32 Å². The maximum Gasteiger partial charge on any atom is 0.270 e. The molecule has 0 saturated carbocycles. The molecule has 0 aromatic heterocycles. The van der Waals surface area contributed by atoms with Gasteiger partial charge in [-0.3, -0.25) is 9.79 Å². The van der Waals surface area contributed by atoms with Crippen molar-refractivity contribution in [1.82, 2.24) is 5.32 Å². The van der Waals surface area contributed by atoms with Crippen LogP contribution >= 0.6 is 12.2 Å². The molecule has 0 atom stereocenters. The second-order valence-electron chi connectivity index (χ2n) is 3.44. The van der Waals surface area contributed by atoms with Crippen molar-refractivity contribution in [2.45, 2.75) is 6.42 Å². The van der Waals surface area contributed by atoms with Crippen LogP contribution in [0.3, 0.4) is 0 Å². The van der Waals surface area contributed by atoms with Crippen LogP contribution in [0, 0.1) is 5.82 Å². The molecule has 0 unspecified atom stereocenters. The van der Waals surface area contributed by atoms with Crippen LogP contribution in [0.1, 0.15) is 5.56 Å². The Labute approximate surface area is 97.4 Å². The van der Waals surface area contributed by atoms with Crippen molar-refractivity contribution >= 4 is 28.8 Å². The lowest BCUT2D eigenvalue weighted by Gasteiger charge is -2.13. The summed E-state index contributed by atoms with van der Waals surface area (Å²) in [6.45, 7) is 0.345. The molecule has 3 nitrogen and oxygen atoms in total. The molecular weight excluding hydrogens is 227 g/mol. The van der Waals surface area contributed by atoms with Gasteiger partial charge in [0.15, 0.2) is 0 Å². The molecule has 82 valence electrons. The van der Waals surface area contributed by atoms with Crippen molar-refractivity contribution in [2.24, 2.45) is 4.99 Å². The Morgan fingerprint density at radius 3 is 2.69 bits per heavy atom. The van der Waals surface area contributed by atoms with Crippen molar-refractivity contribution in [2.75, 3.05) is 6.54 Å². The van der Waals surface area contributed by atoms with E-state index in [4.69, 9.17) is 12.2 Å². The number of rotatable bonds is 2. The Morgan fingerprint density at radius 1 is 1.38 bits per heavy atom. The largest absolute Gasteiger partial charge is 0.314 e. The Morgan fingerprint density at radius 2 is 2.06 bits per heavy atom. The van der Waals surface area contributed by atoms with Crippen molar-refractivity contribution in [3.8, 4) is 0 Å². The van der Waals surface area contributed by atoms with E-state index in [1.54, 1.807) is 12.1 Å². The highest BCUT2D eigenvalue weighted by molar-refractivity contribution is 7.80. The van der Waals surface area contributed by atoms with Crippen LogP contribution in [0.25, 0.3) is 0 Å². The van der Waals surface area contributed by atoms with Crippen LogP contribution < -0.4 is 5.32 Å². The fourth-order valence-corrected chi connectivity index (χ4v) is 1.57. The maximum absolute atomic E-state index is 12.7. The van der Waals surface area contributed by atoms with Crippen LogP contribution in [0.2, 0.25) is 0 Å². The summed E-state index contributed by atoms with van der Waals surface area (Å²) in [5.74, 6) is -0.555. The summed E-state index contributed by atoms with van der Waals surface area (Å²) in [5, 5.41) is 2.55. The fraction of sp³-hybridized carbons (Fsp3) is 0.182. The third kappa shape index (κ3) is 2.49. The van der Waals surface area contributed by atoms with E-state index in [0.717, 1.165) is 5.56 Å². The summed E-state index contributed by atoms with van der Waals surface area (Å²) in [5.41, 5.74) is 1.28. The van der Waals surface area contributed by atoms with Gasteiger partial charge in [0.05, 0.1) is 6.54 Å². The molecule has 1 amide bonds. The summed E-state index contributed by atoms with van der Waals surface area (Å²) >= 11 is 4.83. The smallest absolute Gasteiger partial charge is 0.270 e. The van der Waals surface area contributed by atoms with Gasteiger partial charge >= 0.3 is 0 Å². The number of hydrogen-bond donors (Lipinski definition) is 1. The van der Waals surface area contributed by atoms with E-state index in [0.29, 0.717) is 23.7 Å². The van der Waals surface area contributed by atoms with E-state index in [1.807, 2.05) is 0 Å². The molecule has 1 aromatic rings. The van der Waals surface area contributed by atoms with Crippen LogP contribution in [0.5, 0.6) is 0 Å². The topological polar surface area (TPSA) is 41.5 Å². The lowest BCUT2D eigenvalue weighted by Crippen LogP contribution is -2.41. The molecule has 16 heavy (non-hydrogen) atoms. The molecule has 0 radical (unpaired) electrons. The van der Waals surface area contributed by atoms with Gasteiger partial charge in [0.2, 0.25) is 0 Å². The number of thiocarbonyl (C=S) groups is 1. The highest BCUT2D eigenvalue weighted by Gasteiger charge is 2.17. The molecule has 1 N–H and O–H groups in total. The van der Waals surface area contributed by atoms with Gasteiger partial charge in [0, 0.05) is 6.42 Å². The molecule has 1 aliphatic heterocycles. The molecule has 1 heterocycles. The van der Waals surface area contributed by atoms with Gasteiger partial charge in [0.1, 0.15) is 16.5 Å². The summed E-state index contributed by atoms with van der Waals surface area (Å²) in [6, 6.07) is 6.00. The molecule has 0 fully saturated rings. The maximum atomic E-state index is 12.7. The van der Waals surface area contributed by atoms with Gasteiger partial charge in [0.25, 0.3) is 5.91 Å². The lowest BCUT2D eigenvalue weighted by molar-refractivity contribution is -0.113. The van der Waals surface area contributed by atoms with Crippen molar-refractivity contribution in [3.63, 3.8) is 0 Å². The third-order valence-corrected chi connectivity index (χ3v) is 2.44. The quantitative estimate of drug-likeness (QED) is 0.786. The first kappa shape index (κ1) is 10.9. The third-order valence-electron chi connectivity index (χ3n) is 2.21. The molecule has 0 saturated heterocycles. The normalized spacial score (nSPS) is 15.7. The van der Waals surface area contributed by atoms with Crippen LogP contribution in [0.15, 0.2) is 29.3 Å². The van der Waals surface area contributed by atoms with Gasteiger partial charge in [-0.05, 0) is 17.7 Å². The predicted octanol–water partition coefficient (Wildman–Crippen LogP) is 1.27. The summed E-state index contributed by atoms with van der Waals surface area (Å²) in [4.78, 5) is 16.0. The van der Waals surface area contributed by atoms with Crippen LogP contribution in [0.4, 0.5) is 4.39 Å². The summed E-state index contributed by atoms with van der Waals surface area (Å²) < 4.78 is 12.7. The van der Waals surface area contributed by atoms with Crippen LogP contribution in [-0.4, -0.2) is 23.2 Å². The molecule has 0 bridgehead atoms. The zero-order valence-electron chi connectivity index (χ0n) is 8.37. The minimum Gasteiger partial charge on any atom is -0.314 e. The first-order valence-electron chi connectivity index (χ1n) is 4.77. The number of halogens is 1. The number of amides is 1. The standard InChI is InChI=1S/C11H9FN2OS/c12-8-3-1-7(2-4-8)5-9-11(15)14-10(16)6-13-9/h1-4H,5-6H2,(H,14,15,16). The van der Waals surface area contributed by atoms with E-state index in [9.17, 15) is 9.18 Å². The van der Waals surface area contributed by atoms with E-state index in [1.165, 1.54) is 12.1 Å². The van der Waals surface area contributed by atoms with E-state index in [2.05, 4.69) is 10.3 Å². The van der Waals surface area contributed by atoms with E-state index >= 15 is 0 Å². The molecule has 0 aliphatic carbocycles. The number of nitrogens with one attached hydrogen (secondary N) is 1. The Kier molecular flexibility index (Phi) is 3.05. The van der Waals surface area contributed by atoms with E-state index < -0.39 is 0 Å². The Hall–Kier alpha value is -1.62. The number of carbonyl (C=O) groups is 1. The fourth-order valence-electron chi connectivity index (χ4n) is 1.41. The predicted molar refractivity (Wildman–Crippen MR) is 63.1 cm³/mol. The zero-order chi connectivity index (χ0) is 11.5. The van der Waals surface area contributed by atoms with Gasteiger partial charge in [-0.2, -0.15) is 0 Å². The first-order valence-corrected chi connectivity index (χ1v) is 5.18. The number of carbonyl (C=O) groups excluding carboxylic acids is 1. The molecule has 1 aromatic carbocycles. The SMILES string of the molecule is O=C1NC(=S)CN=C1Cc1ccc(F)cc1. The molecule has 2 rings (SSSR count). The minimum atomic E-state index is -0.292. The average Bonchev–Trinajstić information content (AvgIpc) is 2.25. The van der Waals surface area contributed by atoms with Crippen molar-refractivity contribution in [1.29, 1.82) is 0 Å². The van der Waals surface area contributed by atoms with Crippen molar-refractivity contribution in [3.05, 3.63) is 35.6 Å². The van der Waals surface area contributed by atoms with Crippen molar-refractivity contribution < 1.29 is 9.18 Å². The number of hydrogen-bond acceptors (Lipinski definition) is 3. The highest BCUT2D eigenvalue weighted by atomic mass is 32.1. The highest BCUT2D eigenvalue weighted by Crippen LogP contribution is 2.06. The summed E-state index contributed by atoms with van der Waals surface area (Å²) in [7, 11) is 0. The number of nitrogens with zero attached hydrogens (tertiary/aromatic N) is 1. The Bertz CT molecular complexity index is 467. The van der Waals surface area contributed by atoms with Gasteiger partial charge in [-0.1, -0.05) is 24.4 Å².